The highest BCUT2D eigenvalue weighted by Crippen LogP contribution is 2.25. The summed E-state index contributed by atoms with van der Waals surface area (Å²) in [5.74, 6) is 0.873. The number of hydroxylamine groups is 1. The van der Waals surface area contributed by atoms with E-state index in [4.69, 9.17) is 4.84 Å². The number of anilines is 1. The molecule has 0 fully saturated rings. The van der Waals surface area contributed by atoms with E-state index in [1.807, 2.05) is 19.2 Å². The molecule has 12 heavy (non-hydrogen) atoms. The summed E-state index contributed by atoms with van der Waals surface area (Å²) in [5.41, 5.74) is 2.32. The van der Waals surface area contributed by atoms with Gasteiger partial charge in [-0.2, -0.15) is 5.10 Å². The van der Waals surface area contributed by atoms with Gasteiger partial charge in [-0.3, -0.25) is 9.94 Å². The van der Waals surface area contributed by atoms with Gasteiger partial charge >= 0.3 is 0 Å². The van der Waals surface area contributed by atoms with Crippen LogP contribution in [0.2, 0.25) is 0 Å². The zero-order valence-electron chi connectivity index (χ0n) is 7.16. The van der Waals surface area contributed by atoms with Crippen LogP contribution in [-0.2, 0) is 11.3 Å². The second-order valence-electron chi connectivity index (χ2n) is 2.75. The fourth-order valence-corrected chi connectivity index (χ4v) is 1.35. The van der Waals surface area contributed by atoms with Crippen LogP contribution in [0.3, 0.4) is 0 Å². The molecule has 1 aromatic rings. The summed E-state index contributed by atoms with van der Waals surface area (Å²) >= 11 is 0. The number of fused-ring (bicyclic) bond motifs is 1. The van der Waals surface area contributed by atoms with E-state index in [0.29, 0.717) is 0 Å². The van der Waals surface area contributed by atoms with Crippen LogP contribution in [0.15, 0.2) is 12.3 Å². The fourth-order valence-electron chi connectivity index (χ4n) is 1.35. The van der Waals surface area contributed by atoms with Crippen molar-refractivity contribution in [2.75, 3.05) is 12.2 Å². The summed E-state index contributed by atoms with van der Waals surface area (Å²) in [6, 6.07) is 0. The number of aromatic amines is 1. The lowest BCUT2D eigenvalue weighted by atomic mass is 10.1. The Morgan fingerprint density at radius 3 is 3.25 bits per heavy atom. The van der Waals surface area contributed by atoms with Gasteiger partial charge in [-0.15, -0.1) is 0 Å². The van der Waals surface area contributed by atoms with E-state index in [-0.39, 0.29) is 0 Å². The Morgan fingerprint density at radius 2 is 2.50 bits per heavy atom. The lowest BCUT2D eigenvalue weighted by Gasteiger charge is -2.18. The second-order valence-corrected chi connectivity index (χ2v) is 2.75. The quantitative estimate of drug-likeness (QED) is 0.678. The van der Waals surface area contributed by atoms with Gasteiger partial charge in [-0.05, 0) is 13.3 Å². The van der Waals surface area contributed by atoms with Crippen molar-refractivity contribution in [2.45, 2.75) is 13.3 Å². The van der Waals surface area contributed by atoms with Crippen LogP contribution < -0.4 is 5.06 Å². The van der Waals surface area contributed by atoms with Crippen molar-refractivity contribution >= 4 is 5.82 Å². The van der Waals surface area contributed by atoms with Gasteiger partial charge in [0.1, 0.15) is 0 Å². The van der Waals surface area contributed by atoms with Crippen molar-refractivity contribution in [1.82, 2.24) is 10.2 Å². The Labute approximate surface area is 70.8 Å². The van der Waals surface area contributed by atoms with Crippen molar-refractivity contribution < 1.29 is 4.84 Å². The zero-order chi connectivity index (χ0) is 8.55. The number of aromatic nitrogens is 2. The molecule has 1 aliphatic heterocycles. The Hall–Kier alpha value is -1.29. The van der Waals surface area contributed by atoms with E-state index in [0.717, 1.165) is 17.9 Å². The molecule has 0 aromatic carbocycles. The van der Waals surface area contributed by atoms with E-state index in [1.54, 1.807) is 12.2 Å². The maximum absolute atomic E-state index is 5.09. The predicted molar refractivity (Wildman–Crippen MR) is 45.7 cm³/mol. The van der Waals surface area contributed by atoms with Crippen LogP contribution in [0.5, 0.6) is 0 Å². The molecule has 0 radical (unpaired) electrons. The molecule has 2 rings (SSSR count). The van der Waals surface area contributed by atoms with Crippen molar-refractivity contribution in [1.29, 1.82) is 0 Å². The van der Waals surface area contributed by atoms with Gasteiger partial charge < -0.3 is 0 Å². The number of allylic oxidation sites excluding steroid dienone is 1. The molecule has 0 atom stereocenters. The summed E-state index contributed by atoms with van der Waals surface area (Å²) in [7, 11) is 1.63. The largest absolute Gasteiger partial charge is 0.280 e. The molecule has 1 N–H and O–H groups in total. The van der Waals surface area contributed by atoms with Gasteiger partial charge in [0.05, 0.1) is 7.11 Å². The number of H-pyrrole nitrogens is 1. The molecule has 0 saturated heterocycles. The highest BCUT2D eigenvalue weighted by Gasteiger charge is 2.17. The van der Waals surface area contributed by atoms with E-state index in [2.05, 4.69) is 10.2 Å². The maximum atomic E-state index is 5.09. The van der Waals surface area contributed by atoms with Crippen LogP contribution in [0.25, 0.3) is 0 Å². The van der Waals surface area contributed by atoms with Crippen LogP contribution in [0.1, 0.15) is 11.3 Å². The Balaban J connectivity index is 2.44. The smallest absolute Gasteiger partial charge is 0.182 e. The average molecular weight is 165 g/mol. The number of aryl methyl sites for hydroxylation is 1. The van der Waals surface area contributed by atoms with Gasteiger partial charge in [-0.1, -0.05) is 6.08 Å². The van der Waals surface area contributed by atoms with Crippen LogP contribution in [0, 0.1) is 6.92 Å². The monoisotopic (exact) mass is 165 g/mol. The van der Waals surface area contributed by atoms with Crippen molar-refractivity contribution in [3.8, 4) is 0 Å². The van der Waals surface area contributed by atoms with E-state index in [9.17, 15) is 0 Å². The molecule has 1 aromatic heterocycles. The van der Waals surface area contributed by atoms with Crippen molar-refractivity contribution in [3.63, 3.8) is 0 Å². The lowest BCUT2D eigenvalue weighted by molar-refractivity contribution is 0.193. The van der Waals surface area contributed by atoms with Crippen molar-refractivity contribution in [2.24, 2.45) is 0 Å². The minimum absolute atomic E-state index is 0.873. The summed E-state index contributed by atoms with van der Waals surface area (Å²) < 4.78 is 0. The molecule has 0 saturated carbocycles. The van der Waals surface area contributed by atoms with E-state index >= 15 is 0 Å². The molecule has 1 aliphatic rings. The number of hydrogen-bond acceptors (Lipinski definition) is 3. The highest BCUT2D eigenvalue weighted by molar-refractivity contribution is 5.52. The van der Waals surface area contributed by atoms with Crippen LogP contribution >= 0.6 is 0 Å². The van der Waals surface area contributed by atoms with Gasteiger partial charge in [0.25, 0.3) is 0 Å². The maximum Gasteiger partial charge on any atom is 0.182 e. The minimum atomic E-state index is 0.873. The highest BCUT2D eigenvalue weighted by atomic mass is 16.7. The van der Waals surface area contributed by atoms with Gasteiger partial charge in [0, 0.05) is 17.5 Å². The summed E-state index contributed by atoms with van der Waals surface area (Å²) in [6.45, 7) is 2.01. The number of rotatable bonds is 1. The lowest BCUT2D eigenvalue weighted by Crippen LogP contribution is -2.18. The SMILES string of the molecule is CON1C=CCc2c1n[nH]c2C. The summed E-state index contributed by atoms with van der Waals surface area (Å²) in [4.78, 5) is 5.09. The van der Waals surface area contributed by atoms with Crippen LogP contribution in [0.4, 0.5) is 5.82 Å². The number of hydrogen-bond donors (Lipinski definition) is 1. The first-order chi connectivity index (χ1) is 5.83. The zero-order valence-corrected chi connectivity index (χ0v) is 7.16. The first-order valence-electron chi connectivity index (χ1n) is 3.86. The van der Waals surface area contributed by atoms with Gasteiger partial charge in [-0.25, -0.2) is 5.06 Å². The standard InChI is InChI=1S/C8H11N3O/c1-6-7-4-3-5-11(12-2)8(7)10-9-6/h3,5H,4H2,1-2H3,(H,9,10). The molecule has 0 unspecified atom stereocenters. The fraction of sp³-hybridized carbons (Fsp3) is 0.375. The predicted octanol–water partition coefficient (Wildman–Crippen LogP) is 1.16. The van der Waals surface area contributed by atoms with E-state index in [1.165, 1.54) is 5.56 Å². The molecular weight excluding hydrogens is 154 g/mol. The third-order valence-corrected chi connectivity index (χ3v) is 2.02. The van der Waals surface area contributed by atoms with Gasteiger partial charge in [0.2, 0.25) is 0 Å². The Bertz CT molecular complexity index is 316. The molecule has 0 bridgehead atoms. The first kappa shape index (κ1) is 7.36. The molecule has 0 amide bonds. The molecule has 4 nitrogen and oxygen atoms in total. The number of nitrogens with zero attached hydrogens (tertiary/aromatic N) is 2. The van der Waals surface area contributed by atoms with Gasteiger partial charge in [0.15, 0.2) is 5.82 Å². The molecule has 2 heterocycles. The molecule has 4 heteroatoms. The first-order valence-corrected chi connectivity index (χ1v) is 3.86. The molecular formula is C8H11N3O. The Kier molecular flexibility index (Phi) is 1.62. The average Bonchev–Trinajstić information content (AvgIpc) is 2.48. The summed E-state index contributed by atoms with van der Waals surface area (Å²) in [6.07, 6.45) is 4.86. The summed E-state index contributed by atoms with van der Waals surface area (Å²) in [5, 5.41) is 8.72. The van der Waals surface area contributed by atoms with E-state index < -0.39 is 0 Å². The minimum Gasteiger partial charge on any atom is -0.280 e. The third-order valence-electron chi connectivity index (χ3n) is 2.02. The van der Waals surface area contributed by atoms with Crippen molar-refractivity contribution in [3.05, 3.63) is 23.5 Å². The third kappa shape index (κ3) is 0.921. The number of nitrogens with one attached hydrogen (secondary N) is 1. The molecule has 64 valence electrons. The second kappa shape index (κ2) is 2.64. The molecule has 0 spiro atoms. The molecule has 0 aliphatic carbocycles. The topological polar surface area (TPSA) is 41.1 Å². The normalized spacial score (nSPS) is 15.0. The van der Waals surface area contributed by atoms with Crippen LogP contribution in [-0.4, -0.2) is 17.3 Å². The Morgan fingerprint density at radius 1 is 1.67 bits per heavy atom.